The number of nitro groups is 1. The smallest absolute Gasteiger partial charge is 0.305 e. The fourth-order valence-electron chi connectivity index (χ4n) is 1.34. The molecule has 8 heteroatoms. The van der Waals surface area contributed by atoms with Gasteiger partial charge >= 0.3 is 5.97 Å². The Bertz CT molecular complexity index is 466. The number of hydrogen-bond acceptors (Lipinski definition) is 5. The third-order valence-corrected chi connectivity index (χ3v) is 2.58. The standard InChI is InChI=1S/C10H12ClN3O4/c1-2-6(3-9(15)16)13-10-8(11)4-7(5-12-10)14(17)18/h4-6H,2-3H2,1H3,(H,12,13)(H,15,16). The summed E-state index contributed by atoms with van der Waals surface area (Å²) >= 11 is 5.83. The lowest BCUT2D eigenvalue weighted by atomic mass is 10.1. The summed E-state index contributed by atoms with van der Waals surface area (Å²) < 4.78 is 0. The Balaban J connectivity index is 2.83. The lowest BCUT2D eigenvalue weighted by molar-refractivity contribution is -0.385. The van der Waals surface area contributed by atoms with Gasteiger partial charge in [-0.1, -0.05) is 18.5 Å². The van der Waals surface area contributed by atoms with Crippen LogP contribution in [0.2, 0.25) is 5.02 Å². The zero-order chi connectivity index (χ0) is 13.7. The maximum absolute atomic E-state index is 10.6. The van der Waals surface area contributed by atoms with Crippen molar-refractivity contribution in [1.82, 2.24) is 4.98 Å². The zero-order valence-electron chi connectivity index (χ0n) is 9.59. The largest absolute Gasteiger partial charge is 0.481 e. The first-order chi connectivity index (χ1) is 8.43. The molecule has 0 saturated heterocycles. The summed E-state index contributed by atoms with van der Waals surface area (Å²) in [4.78, 5) is 24.3. The summed E-state index contributed by atoms with van der Waals surface area (Å²) in [5, 5.41) is 22.1. The predicted octanol–water partition coefficient (Wildman–Crippen LogP) is 2.31. The average Bonchev–Trinajstić information content (AvgIpc) is 2.29. The Morgan fingerprint density at radius 1 is 1.72 bits per heavy atom. The molecule has 0 spiro atoms. The van der Waals surface area contributed by atoms with Crippen molar-refractivity contribution >= 4 is 29.1 Å². The molecule has 0 amide bonds. The molecule has 7 nitrogen and oxygen atoms in total. The molecule has 0 aliphatic rings. The summed E-state index contributed by atoms with van der Waals surface area (Å²) in [6.07, 6.45) is 1.56. The molecule has 0 aliphatic heterocycles. The molecular formula is C10H12ClN3O4. The second-order valence-corrected chi connectivity index (χ2v) is 4.04. The molecule has 0 bridgehead atoms. The first kappa shape index (κ1) is 14.2. The fourth-order valence-corrected chi connectivity index (χ4v) is 1.55. The highest BCUT2D eigenvalue weighted by molar-refractivity contribution is 6.33. The van der Waals surface area contributed by atoms with E-state index in [-0.39, 0.29) is 29.0 Å². The van der Waals surface area contributed by atoms with Gasteiger partial charge < -0.3 is 10.4 Å². The number of carboxylic acids is 1. The van der Waals surface area contributed by atoms with Crippen LogP contribution in [-0.2, 0) is 4.79 Å². The number of aliphatic carboxylic acids is 1. The van der Waals surface area contributed by atoms with E-state index < -0.39 is 10.9 Å². The van der Waals surface area contributed by atoms with Crippen molar-refractivity contribution in [3.63, 3.8) is 0 Å². The molecule has 0 aliphatic carbocycles. The molecule has 1 unspecified atom stereocenters. The molecule has 98 valence electrons. The van der Waals surface area contributed by atoms with Gasteiger partial charge in [-0.05, 0) is 6.42 Å². The van der Waals surface area contributed by atoms with Gasteiger partial charge in [0.05, 0.1) is 16.4 Å². The Morgan fingerprint density at radius 3 is 2.83 bits per heavy atom. The van der Waals surface area contributed by atoms with Crippen molar-refractivity contribution in [3.05, 3.63) is 27.4 Å². The van der Waals surface area contributed by atoms with Crippen LogP contribution >= 0.6 is 11.6 Å². The summed E-state index contributed by atoms with van der Waals surface area (Å²) in [7, 11) is 0. The number of carbonyl (C=O) groups is 1. The number of carboxylic acid groups (broad SMARTS) is 1. The van der Waals surface area contributed by atoms with E-state index in [0.717, 1.165) is 6.20 Å². The van der Waals surface area contributed by atoms with Gasteiger partial charge in [0.25, 0.3) is 5.69 Å². The molecule has 2 N–H and O–H groups in total. The molecule has 1 heterocycles. The number of hydrogen-bond donors (Lipinski definition) is 2. The highest BCUT2D eigenvalue weighted by atomic mass is 35.5. The van der Waals surface area contributed by atoms with Crippen LogP contribution in [0.1, 0.15) is 19.8 Å². The van der Waals surface area contributed by atoms with Crippen LogP contribution in [-0.4, -0.2) is 27.0 Å². The van der Waals surface area contributed by atoms with Crippen LogP contribution in [0.5, 0.6) is 0 Å². The van der Waals surface area contributed by atoms with E-state index >= 15 is 0 Å². The Hall–Kier alpha value is -1.89. The van der Waals surface area contributed by atoms with Crippen molar-refractivity contribution in [2.75, 3.05) is 5.32 Å². The van der Waals surface area contributed by atoms with E-state index in [1.807, 2.05) is 6.92 Å². The van der Waals surface area contributed by atoms with Gasteiger partial charge in [0.1, 0.15) is 12.0 Å². The first-order valence-corrected chi connectivity index (χ1v) is 5.60. The summed E-state index contributed by atoms with van der Waals surface area (Å²) in [6, 6.07) is 0.846. The van der Waals surface area contributed by atoms with Gasteiger partial charge in [0, 0.05) is 12.1 Å². The van der Waals surface area contributed by atoms with Gasteiger partial charge in [-0.15, -0.1) is 0 Å². The predicted molar refractivity (Wildman–Crippen MR) is 65.9 cm³/mol. The maximum Gasteiger partial charge on any atom is 0.305 e. The fraction of sp³-hybridized carbons (Fsp3) is 0.400. The number of nitrogens with zero attached hydrogens (tertiary/aromatic N) is 2. The normalized spacial score (nSPS) is 11.9. The van der Waals surface area contributed by atoms with Gasteiger partial charge in [-0.25, -0.2) is 4.98 Å². The lowest BCUT2D eigenvalue weighted by Crippen LogP contribution is -2.23. The molecule has 0 saturated carbocycles. The number of anilines is 1. The minimum Gasteiger partial charge on any atom is -0.481 e. The summed E-state index contributed by atoms with van der Waals surface area (Å²) in [5.41, 5.74) is -0.211. The number of pyridine rings is 1. The van der Waals surface area contributed by atoms with E-state index in [9.17, 15) is 14.9 Å². The van der Waals surface area contributed by atoms with Crippen molar-refractivity contribution in [2.45, 2.75) is 25.8 Å². The third kappa shape index (κ3) is 3.85. The van der Waals surface area contributed by atoms with E-state index in [1.54, 1.807) is 0 Å². The highest BCUT2D eigenvalue weighted by Gasteiger charge is 2.15. The molecule has 1 aromatic heterocycles. The minimum absolute atomic E-state index is 0.0779. The average molecular weight is 274 g/mol. The van der Waals surface area contributed by atoms with E-state index in [2.05, 4.69) is 10.3 Å². The topological polar surface area (TPSA) is 105 Å². The van der Waals surface area contributed by atoms with E-state index in [4.69, 9.17) is 16.7 Å². The Labute approximate surface area is 108 Å². The molecular weight excluding hydrogens is 262 g/mol. The second-order valence-electron chi connectivity index (χ2n) is 3.63. The maximum atomic E-state index is 10.6. The van der Waals surface area contributed by atoms with Crippen LogP contribution < -0.4 is 5.32 Å². The lowest BCUT2D eigenvalue weighted by Gasteiger charge is -2.15. The van der Waals surface area contributed by atoms with Crippen molar-refractivity contribution in [3.8, 4) is 0 Å². The molecule has 0 radical (unpaired) electrons. The van der Waals surface area contributed by atoms with Crippen molar-refractivity contribution in [2.24, 2.45) is 0 Å². The molecule has 18 heavy (non-hydrogen) atoms. The number of halogens is 1. The van der Waals surface area contributed by atoms with Crippen LogP contribution in [0, 0.1) is 10.1 Å². The minimum atomic E-state index is -0.938. The molecule has 1 aromatic rings. The van der Waals surface area contributed by atoms with Crippen molar-refractivity contribution < 1.29 is 14.8 Å². The van der Waals surface area contributed by atoms with Crippen LogP contribution in [0.3, 0.4) is 0 Å². The Morgan fingerprint density at radius 2 is 2.39 bits per heavy atom. The first-order valence-electron chi connectivity index (χ1n) is 5.22. The van der Waals surface area contributed by atoms with Crippen LogP contribution in [0.4, 0.5) is 11.5 Å². The molecule has 1 atom stereocenters. The van der Waals surface area contributed by atoms with Crippen LogP contribution in [0.15, 0.2) is 12.3 Å². The van der Waals surface area contributed by atoms with Crippen molar-refractivity contribution in [1.29, 1.82) is 0 Å². The number of aromatic nitrogens is 1. The second kappa shape index (κ2) is 6.15. The molecule has 0 fully saturated rings. The summed E-state index contributed by atoms with van der Waals surface area (Å²) in [6.45, 7) is 1.82. The van der Waals surface area contributed by atoms with Gasteiger partial charge in [0.2, 0.25) is 0 Å². The zero-order valence-corrected chi connectivity index (χ0v) is 10.3. The molecule has 1 rings (SSSR count). The van der Waals surface area contributed by atoms with E-state index in [0.29, 0.717) is 6.42 Å². The van der Waals surface area contributed by atoms with E-state index in [1.165, 1.54) is 6.07 Å². The highest BCUT2D eigenvalue weighted by Crippen LogP contribution is 2.25. The Kier molecular flexibility index (Phi) is 4.85. The monoisotopic (exact) mass is 273 g/mol. The van der Waals surface area contributed by atoms with Gasteiger partial charge in [-0.2, -0.15) is 0 Å². The SMILES string of the molecule is CCC(CC(=O)O)Nc1ncc([N+](=O)[O-])cc1Cl. The third-order valence-electron chi connectivity index (χ3n) is 2.29. The quantitative estimate of drug-likeness (QED) is 0.608. The summed E-state index contributed by atoms with van der Waals surface area (Å²) in [5.74, 6) is -0.692. The van der Waals surface area contributed by atoms with Gasteiger partial charge in [-0.3, -0.25) is 14.9 Å². The number of nitrogens with one attached hydrogen (secondary N) is 1. The molecule has 0 aromatic carbocycles. The van der Waals surface area contributed by atoms with Gasteiger partial charge in [0.15, 0.2) is 0 Å². The number of rotatable bonds is 6. The van der Waals surface area contributed by atoms with Crippen LogP contribution in [0.25, 0.3) is 0 Å².